The molecule has 0 aliphatic heterocycles. The van der Waals surface area contributed by atoms with Gasteiger partial charge in [-0.3, -0.25) is 14.0 Å². The van der Waals surface area contributed by atoms with Gasteiger partial charge < -0.3 is 15.2 Å². The Balaban J connectivity index is 1.63. The Morgan fingerprint density at radius 1 is 1.06 bits per heavy atom. The number of methoxy groups -OCH3 is 1. The van der Waals surface area contributed by atoms with Crippen molar-refractivity contribution in [1.82, 2.24) is 24.6 Å². The number of nitrogens with zero attached hydrogens (tertiary/aromatic N) is 5. The molecule has 0 unspecified atom stereocenters. The summed E-state index contributed by atoms with van der Waals surface area (Å²) in [5, 5.41) is 17.2. The molecule has 17 heteroatoms. The van der Waals surface area contributed by atoms with Gasteiger partial charge in [0.05, 0.1) is 58.5 Å². The first kappa shape index (κ1) is 35.8. The number of nitrogens with one attached hydrogen (secondary N) is 1. The Labute approximate surface area is 303 Å². The highest BCUT2D eigenvalue weighted by Gasteiger charge is 2.30. The van der Waals surface area contributed by atoms with Gasteiger partial charge in [-0.15, -0.1) is 0 Å². The molecule has 6 aromatic rings. The van der Waals surface area contributed by atoms with Crippen molar-refractivity contribution in [3.8, 4) is 11.4 Å². The normalized spacial score (nSPS) is 12.3. The molecule has 0 spiro atoms. The van der Waals surface area contributed by atoms with Crippen molar-refractivity contribution >= 4 is 71.3 Å². The Morgan fingerprint density at radius 2 is 1.75 bits per heavy atom. The van der Waals surface area contributed by atoms with E-state index in [4.69, 9.17) is 21.3 Å². The zero-order valence-corrected chi connectivity index (χ0v) is 30.2. The van der Waals surface area contributed by atoms with Crippen LogP contribution in [0.2, 0.25) is 5.02 Å². The molecule has 1 amide bonds. The van der Waals surface area contributed by atoms with Crippen LogP contribution in [0.15, 0.2) is 82.1 Å². The minimum absolute atomic E-state index is 0.0274. The number of sulfonamides is 1. The van der Waals surface area contributed by atoms with E-state index in [-0.39, 0.29) is 62.7 Å². The standard InChI is InChI=1S/C34H28BrClF2N6O6S/c1-42-30-28(11-10-25(36)29(30)32(41-42)43(51(3,48)49)17-18-4-7-23(50-2)8-5-18)44-31(39-26-15-20(35)6-9-24(26)33(44)45)27(40-34(46)47)14-19-12-21(37)16-22(38)13-19/h4-13,15-16,27,40H,14,17H2,1-3H3,(H,46,47)/t27-/m0/s1. The SMILES string of the molecule is COc1ccc(CN(c2nn(C)c3c(-n4c([C@H](Cc5cc(F)cc(F)c5)NC(=O)O)nc5cc(Br)ccc5c4=O)ccc(Cl)c23)S(C)(=O)=O)cc1. The van der Waals surface area contributed by atoms with Crippen molar-refractivity contribution < 1.29 is 31.8 Å². The Hall–Kier alpha value is -5.06. The minimum atomic E-state index is -3.98. The molecule has 0 aliphatic rings. The number of ether oxygens (including phenoxy) is 1. The first-order valence-electron chi connectivity index (χ1n) is 15.1. The molecule has 0 aliphatic carbocycles. The van der Waals surface area contributed by atoms with E-state index in [0.717, 1.165) is 22.7 Å². The lowest BCUT2D eigenvalue weighted by Crippen LogP contribution is -2.35. The molecule has 2 N–H and O–H groups in total. The third-order valence-corrected chi connectivity index (χ3v) is 10.0. The average molecular weight is 802 g/mol. The highest BCUT2D eigenvalue weighted by molar-refractivity contribution is 9.10. The van der Waals surface area contributed by atoms with E-state index in [2.05, 4.69) is 26.3 Å². The number of carboxylic acid groups (broad SMARTS) is 1. The van der Waals surface area contributed by atoms with Crippen LogP contribution in [-0.2, 0) is 30.0 Å². The number of carbonyl (C=O) groups is 1. The monoisotopic (exact) mass is 800 g/mol. The van der Waals surface area contributed by atoms with E-state index in [9.17, 15) is 31.9 Å². The number of hydrogen-bond acceptors (Lipinski definition) is 7. The smallest absolute Gasteiger partial charge is 0.405 e. The summed E-state index contributed by atoms with van der Waals surface area (Å²) in [4.78, 5) is 31.3. The molecule has 1 atom stereocenters. The zero-order valence-electron chi connectivity index (χ0n) is 27.1. The lowest BCUT2D eigenvalue weighted by molar-refractivity contribution is 0.189. The second-order valence-electron chi connectivity index (χ2n) is 11.6. The number of aromatic nitrogens is 4. The van der Waals surface area contributed by atoms with E-state index in [0.29, 0.717) is 21.9 Å². The third kappa shape index (κ3) is 7.25. The summed E-state index contributed by atoms with van der Waals surface area (Å²) in [5.74, 6) is -1.32. The number of hydrogen-bond donors (Lipinski definition) is 2. The van der Waals surface area contributed by atoms with Gasteiger partial charge in [-0.1, -0.05) is 39.7 Å². The molecule has 0 saturated carbocycles. The fourth-order valence-corrected chi connectivity index (χ4v) is 7.31. The van der Waals surface area contributed by atoms with Crippen molar-refractivity contribution in [2.75, 3.05) is 17.7 Å². The van der Waals surface area contributed by atoms with Crippen LogP contribution in [0.5, 0.6) is 5.75 Å². The van der Waals surface area contributed by atoms with Crippen LogP contribution in [0, 0.1) is 11.6 Å². The van der Waals surface area contributed by atoms with Crippen molar-refractivity contribution in [3.05, 3.63) is 121 Å². The van der Waals surface area contributed by atoms with Crippen LogP contribution in [0.1, 0.15) is 23.0 Å². The largest absolute Gasteiger partial charge is 0.497 e. The molecular weight excluding hydrogens is 774 g/mol. The minimum Gasteiger partial charge on any atom is -0.497 e. The molecule has 0 saturated heterocycles. The van der Waals surface area contributed by atoms with E-state index in [1.807, 2.05) is 0 Å². The topological polar surface area (TPSA) is 149 Å². The quantitative estimate of drug-likeness (QED) is 0.160. The summed E-state index contributed by atoms with van der Waals surface area (Å²) in [6.07, 6.45) is -0.761. The van der Waals surface area contributed by atoms with Gasteiger partial charge >= 0.3 is 6.09 Å². The summed E-state index contributed by atoms with van der Waals surface area (Å²) in [6, 6.07) is 16.0. The summed E-state index contributed by atoms with van der Waals surface area (Å²) in [5.41, 5.74) is 0.651. The number of benzene rings is 4. The second-order valence-corrected chi connectivity index (χ2v) is 14.8. The molecule has 2 heterocycles. The lowest BCUT2D eigenvalue weighted by Gasteiger charge is -2.23. The van der Waals surface area contributed by atoms with Crippen molar-refractivity contribution in [1.29, 1.82) is 0 Å². The first-order chi connectivity index (χ1) is 24.1. The fourth-order valence-electron chi connectivity index (χ4n) is 5.90. The Kier molecular flexibility index (Phi) is 9.76. The number of aryl methyl sites for hydroxylation is 1. The molecule has 0 radical (unpaired) electrons. The Morgan fingerprint density at radius 3 is 2.37 bits per heavy atom. The molecule has 4 aromatic carbocycles. The summed E-state index contributed by atoms with van der Waals surface area (Å²) >= 11 is 10.1. The molecule has 0 fully saturated rings. The predicted octanol–water partition coefficient (Wildman–Crippen LogP) is 6.49. The number of rotatable bonds is 10. The highest BCUT2D eigenvalue weighted by Crippen LogP contribution is 2.38. The van der Waals surface area contributed by atoms with Crippen LogP contribution in [0.4, 0.5) is 19.4 Å². The number of amides is 1. The van der Waals surface area contributed by atoms with Gasteiger partial charge in [0.1, 0.15) is 23.2 Å². The first-order valence-corrected chi connectivity index (χ1v) is 18.1. The van der Waals surface area contributed by atoms with Gasteiger partial charge in [0, 0.05) is 24.0 Å². The van der Waals surface area contributed by atoms with Crippen LogP contribution >= 0.6 is 27.5 Å². The van der Waals surface area contributed by atoms with Gasteiger partial charge in [0.15, 0.2) is 5.82 Å². The molecule has 51 heavy (non-hydrogen) atoms. The summed E-state index contributed by atoms with van der Waals surface area (Å²) < 4.78 is 64.5. The van der Waals surface area contributed by atoms with Crippen LogP contribution < -0.4 is 19.9 Å². The van der Waals surface area contributed by atoms with Gasteiger partial charge in [0.2, 0.25) is 10.0 Å². The van der Waals surface area contributed by atoms with Crippen LogP contribution in [-0.4, -0.2) is 52.3 Å². The van der Waals surface area contributed by atoms with E-state index >= 15 is 0 Å². The molecule has 12 nitrogen and oxygen atoms in total. The predicted molar refractivity (Wildman–Crippen MR) is 192 cm³/mol. The fraction of sp³-hybridized carbons (Fsp3) is 0.176. The molecule has 6 rings (SSSR count). The maximum atomic E-state index is 14.5. The lowest BCUT2D eigenvalue weighted by atomic mass is 10.0. The highest BCUT2D eigenvalue weighted by atomic mass is 79.9. The maximum absolute atomic E-state index is 14.5. The van der Waals surface area contributed by atoms with E-state index in [1.165, 1.54) is 35.5 Å². The molecule has 0 bridgehead atoms. The maximum Gasteiger partial charge on any atom is 0.405 e. The number of anilines is 1. The van der Waals surface area contributed by atoms with Gasteiger partial charge in [-0.25, -0.2) is 31.3 Å². The number of fused-ring (bicyclic) bond motifs is 2. The van der Waals surface area contributed by atoms with Crippen molar-refractivity contribution in [2.45, 2.75) is 19.0 Å². The summed E-state index contributed by atoms with van der Waals surface area (Å²) in [7, 11) is -0.923. The molecule has 264 valence electrons. The van der Waals surface area contributed by atoms with Crippen molar-refractivity contribution in [3.63, 3.8) is 0 Å². The molecule has 2 aromatic heterocycles. The zero-order chi connectivity index (χ0) is 36.8. The number of halogens is 4. The van der Waals surface area contributed by atoms with Gasteiger partial charge in [-0.05, 0) is 65.7 Å². The van der Waals surface area contributed by atoms with E-state index in [1.54, 1.807) is 42.5 Å². The van der Waals surface area contributed by atoms with Crippen molar-refractivity contribution in [2.24, 2.45) is 7.05 Å². The average Bonchev–Trinajstić information content (AvgIpc) is 3.40. The van der Waals surface area contributed by atoms with Gasteiger partial charge in [0.25, 0.3) is 5.56 Å². The van der Waals surface area contributed by atoms with Crippen LogP contribution in [0.25, 0.3) is 27.5 Å². The van der Waals surface area contributed by atoms with Crippen LogP contribution in [0.3, 0.4) is 0 Å². The van der Waals surface area contributed by atoms with E-state index < -0.39 is 39.4 Å². The van der Waals surface area contributed by atoms with Gasteiger partial charge in [-0.2, -0.15) is 5.10 Å². The Bertz CT molecular complexity index is 2490. The summed E-state index contributed by atoms with van der Waals surface area (Å²) in [6.45, 7) is -0.123. The second kappa shape index (κ2) is 13.9. The molecular formula is C34H28BrClF2N6O6S. The third-order valence-electron chi connectivity index (χ3n) is 8.09.